The van der Waals surface area contributed by atoms with Gasteiger partial charge in [-0.1, -0.05) is 29.3 Å². The minimum Gasteiger partial charge on any atom is -0.314 e. The van der Waals surface area contributed by atoms with Crippen LogP contribution < -0.4 is 5.32 Å². The summed E-state index contributed by atoms with van der Waals surface area (Å²) < 4.78 is 12.8. The first-order valence-corrected chi connectivity index (χ1v) is 6.93. The molecular weight excluding hydrogens is 310 g/mol. The summed E-state index contributed by atoms with van der Waals surface area (Å²) in [6.07, 6.45) is 0.498. The van der Waals surface area contributed by atoms with E-state index in [1.165, 1.54) is 0 Å². The number of nitrogens with one attached hydrogen (secondary N) is 1. The summed E-state index contributed by atoms with van der Waals surface area (Å²) in [5.74, 6) is 0. The van der Waals surface area contributed by atoms with Crippen molar-refractivity contribution in [2.24, 2.45) is 0 Å². The van der Waals surface area contributed by atoms with E-state index in [9.17, 15) is 4.39 Å². The lowest BCUT2D eigenvalue weighted by molar-refractivity contribution is 0.157. The summed E-state index contributed by atoms with van der Waals surface area (Å²) in [5.41, 5.74) is 1.05. The number of hydrogen-bond acceptors (Lipinski definition) is 2. The molecule has 0 radical (unpaired) electrons. The van der Waals surface area contributed by atoms with Gasteiger partial charge in [0, 0.05) is 32.2 Å². The van der Waals surface area contributed by atoms with Gasteiger partial charge in [-0.15, -0.1) is 12.4 Å². The molecule has 0 unspecified atom stereocenters. The predicted octanol–water partition coefficient (Wildman–Crippen LogP) is 3.72. The average Bonchev–Trinajstić information content (AvgIpc) is 2.40. The Bertz CT molecular complexity index is 397. The molecule has 2 rings (SSSR count). The third-order valence-electron chi connectivity index (χ3n) is 3.30. The van der Waals surface area contributed by atoms with E-state index in [0.29, 0.717) is 16.5 Å². The molecule has 1 heterocycles. The molecule has 0 saturated carbocycles. The Kier molecular flexibility index (Phi) is 7.40. The van der Waals surface area contributed by atoms with Crippen molar-refractivity contribution in [1.29, 1.82) is 0 Å². The third-order valence-corrected chi connectivity index (χ3v) is 4.04. The molecule has 6 heteroatoms. The van der Waals surface area contributed by atoms with Crippen molar-refractivity contribution < 1.29 is 4.39 Å². The summed E-state index contributed by atoms with van der Waals surface area (Å²) in [6.45, 7) is 3.44. The van der Waals surface area contributed by atoms with Crippen LogP contribution in [0, 0.1) is 0 Å². The maximum atomic E-state index is 12.8. The molecule has 19 heavy (non-hydrogen) atoms. The minimum atomic E-state index is -0.325. The maximum Gasteiger partial charge on any atom is 0.0912 e. The second-order valence-electron chi connectivity index (χ2n) is 4.45. The topological polar surface area (TPSA) is 15.3 Å². The molecule has 0 aliphatic carbocycles. The smallest absolute Gasteiger partial charge is 0.0912 e. The van der Waals surface area contributed by atoms with Crippen molar-refractivity contribution >= 4 is 35.6 Å². The Labute approximate surface area is 129 Å². The Morgan fingerprint density at radius 2 is 1.89 bits per heavy atom. The fourth-order valence-corrected chi connectivity index (χ4v) is 2.68. The molecule has 1 atom stereocenters. The molecule has 1 aliphatic rings. The van der Waals surface area contributed by atoms with Crippen molar-refractivity contribution in [3.05, 3.63) is 33.8 Å². The van der Waals surface area contributed by atoms with Gasteiger partial charge in [-0.25, -0.2) is 0 Å². The molecule has 1 aliphatic heterocycles. The second kappa shape index (κ2) is 8.28. The number of nitrogens with zero attached hydrogens (tertiary/aromatic N) is 1. The van der Waals surface area contributed by atoms with Gasteiger partial charge in [0.1, 0.15) is 0 Å². The van der Waals surface area contributed by atoms with Gasteiger partial charge in [0.05, 0.1) is 16.7 Å². The van der Waals surface area contributed by atoms with E-state index in [4.69, 9.17) is 23.2 Å². The van der Waals surface area contributed by atoms with Gasteiger partial charge in [0.2, 0.25) is 0 Å². The number of alkyl halides is 1. The minimum absolute atomic E-state index is 0. The van der Waals surface area contributed by atoms with E-state index in [1.807, 2.05) is 12.1 Å². The highest BCUT2D eigenvalue weighted by molar-refractivity contribution is 6.42. The first-order chi connectivity index (χ1) is 8.72. The maximum absolute atomic E-state index is 12.8. The normalized spacial score (nSPS) is 17.8. The van der Waals surface area contributed by atoms with Crippen molar-refractivity contribution in [2.45, 2.75) is 12.5 Å². The third kappa shape index (κ3) is 4.47. The first kappa shape index (κ1) is 17.0. The number of benzene rings is 1. The first-order valence-electron chi connectivity index (χ1n) is 6.18. The van der Waals surface area contributed by atoms with E-state index in [1.54, 1.807) is 6.07 Å². The van der Waals surface area contributed by atoms with Gasteiger partial charge < -0.3 is 5.32 Å². The fraction of sp³-hybridized carbons (Fsp3) is 0.538. The van der Waals surface area contributed by atoms with Gasteiger partial charge >= 0.3 is 0 Å². The highest BCUT2D eigenvalue weighted by Crippen LogP contribution is 2.30. The average molecular weight is 328 g/mol. The molecule has 108 valence electrons. The highest BCUT2D eigenvalue weighted by atomic mass is 35.5. The molecule has 0 spiro atoms. The summed E-state index contributed by atoms with van der Waals surface area (Å²) in [7, 11) is 0. The molecule has 1 aromatic rings. The van der Waals surface area contributed by atoms with Gasteiger partial charge in [-0.3, -0.25) is 9.29 Å². The van der Waals surface area contributed by atoms with Crippen LogP contribution in [-0.2, 0) is 0 Å². The van der Waals surface area contributed by atoms with Crippen LogP contribution in [0.5, 0.6) is 0 Å². The van der Waals surface area contributed by atoms with E-state index in [-0.39, 0.29) is 25.1 Å². The van der Waals surface area contributed by atoms with Crippen LogP contribution in [0.2, 0.25) is 10.0 Å². The number of rotatable bonds is 4. The van der Waals surface area contributed by atoms with E-state index < -0.39 is 0 Å². The molecule has 0 amide bonds. The van der Waals surface area contributed by atoms with E-state index >= 15 is 0 Å². The monoisotopic (exact) mass is 326 g/mol. The van der Waals surface area contributed by atoms with Gasteiger partial charge in [-0.2, -0.15) is 0 Å². The van der Waals surface area contributed by atoms with E-state index in [0.717, 1.165) is 31.7 Å². The van der Waals surface area contributed by atoms with Crippen LogP contribution in [0.15, 0.2) is 18.2 Å². The van der Waals surface area contributed by atoms with Crippen molar-refractivity contribution in [2.75, 3.05) is 32.9 Å². The van der Waals surface area contributed by atoms with Gasteiger partial charge in [0.15, 0.2) is 0 Å². The molecule has 0 bridgehead atoms. The van der Waals surface area contributed by atoms with Crippen molar-refractivity contribution in [1.82, 2.24) is 10.2 Å². The lowest BCUT2D eigenvalue weighted by Crippen LogP contribution is -2.45. The molecule has 1 N–H and O–H groups in total. The number of halogens is 4. The largest absolute Gasteiger partial charge is 0.314 e. The van der Waals surface area contributed by atoms with Crippen LogP contribution >= 0.6 is 35.6 Å². The number of piperazine rings is 1. The molecule has 0 aromatic heterocycles. The Balaban J connectivity index is 0.00000180. The molecular formula is C13H18Cl3FN2. The van der Waals surface area contributed by atoms with Gasteiger partial charge in [0.25, 0.3) is 0 Å². The van der Waals surface area contributed by atoms with Crippen molar-refractivity contribution in [3.63, 3.8) is 0 Å². The molecule has 1 aromatic carbocycles. The van der Waals surface area contributed by atoms with Crippen LogP contribution in [-0.4, -0.2) is 37.8 Å². The predicted molar refractivity (Wildman–Crippen MR) is 81.5 cm³/mol. The summed E-state index contributed by atoms with van der Waals surface area (Å²) in [5, 5.41) is 4.38. The fourth-order valence-electron chi connectivity index (χ4n) is 2.38. The Morgan fingerprint density at radius 1 is 1.21 bits per heavy atom. The van der Waals surface area contributed by atoms with Crippen molar-refractivity contribution in [3.8, 4) is 0 Å². The second-order valence-corrected chi connectivity index (χ2v) is 5.27. The lowest BCUT2D eigenvalue weighted by Gasteiger charge is -2.35. The standard InChI is InChI=1S/C13H17Cl2FN2.ClH/c14-11-2-1-10(9-12(11)15)13(3-4-16)18-7-5-17-6-8-18;/h1-2,9,13,17H,3-8H2;1H/t13-;/m0./s1. The Morgan fingerprint density at radius 3 is 2.47 bits per heavy atom. The quantitative estimate of drug-likeness (QED) is 0.906. The molecule has 2 nitrogen and oxygen atoms in total. The van der Waals surface area contributed by atoms with Crippen LogP contribution in [0.4, 0.5) is 4.39 Å². The SMILES string of the molecule is Cl.FCC[C@@H](c1ccc(Cl)c(Cl)c1)N1CCNCC1. The van der Waals surface area contributed by atoms with Crippen LogP contribution in [0.1, 0.15) is 18.0 Å². The summed E-state index contributed by atoms with van der Waals surface area (Å²) in [4.78, 5) is 2.30. The van der Waals surface area contributed by atoms with E-state index in [2.05, 4.69) is 10.2 Å². The van der Waals surface area contributed by atoms with Crippen LogP contribution in [0.25, 0.3) is 0 Å². The summed E-state index contributed by atoms with van der Waals surface area (Å²) >= 11 is 12.0. The molecule has 1 fully saturated rings. The zero-order valence-electron chi connectivity index (χ0n) is 10.5. The molecule has 1 saturated heterocycles. The zero-order chi connectivity index (χ0) is 13.0. The zero-order valence-corrected chi connectivity index (χ0v) is 12.9. The van der Waals surface area contributed by atoms with Crippen LogP contribution in [0.3, 0.4) is 0 Å². The highest BCUT2D eigenvalue weighted by Gasteiger charge is 2.22. The Hall–Kier alpha value is -0.0600. The lowest BCUT2D eigenvalue weighted by atomic mass is 10.0. The summed E-state index contributed by atoms with van der Waals surface area (Å²) in [6, 6.07) is 5.67. The number of hydrogen-bond donors (Lipinski definition) is 1. The van der Waals surface area contributed by atoms with Gasteiger partial charge in [-0.05, 0) is 24.1 Å².